The van der Waals surface area contributed by atoms with Crippen LogP contribution in [0.2, 0.25) is 0 Å². The van der Waals surface area contributed by atoms with Gasteiger partial charge in [-0.2, -0.15) is 0 Å². The van der Waals surface area contributed by atoms with Crippen LogP contribution in [0.25, 0.3) is 0 Å². The van der Waals surface area contributed by atoms with Gasteiger partial charge in [-0.05, 0) is 47.7 Å². The fraction of sp³-hybridized carbons (Fsp3) is 0.435. The number of halogens is 2. The maximum absolute atomic E-state index is 13.7. The van der Waals surface area contributed by atoms with Crippen LogP contribution in [0, 0.1) is 0 Å². The summed E-state index contributed by atoms with van der Waals surface area (Å²) < 4.78 is 38.8. The summed E-state index contributed by atoms with van der Waals surface area (Å²) in [4.78, 5) is 15.3. The van der Waals surface area contributed by atoms with Crippen LogP contribution in [0.5, 0.6) is 5.75 Å². The molecule has 1 amide bonds. The minimum absolute atomic E-state index is 0.0927. The quantitative estimate of drug-likeness (QED) is 0.771. The lowest BCUT2D eigenvalue weighted by Crippen LogP contribution is -2.51. The van der Waals surface area contributed by atoms with Crippen LogP contribution in [-0.2, 0) is 11.2 Å². The predicted molar refractivity (Wildman–Crippen MR) is 104 cm³/mol. The molecule has 1 heterocycles. The lowest BCUT2D eigenvalue weighted by atomic mass is 9.83. The summed E-state index contributed by atoms with van der Waals surface area (Å²) in [6.45, 7) is 0.904. The Morgan fingerprint density at radius 1 is 1.21 bits per heavy atom. The number of methoxy groups -OCH3 is 1. The molecule has 0 bridgehead atoms. The summed E-state index contributed by atoms with van der Waals surface area (Å²) >= 11 is 0. The average Bonchev–Trinajstić information content (AvgIpc) is 3.40. The molecule has 3 atom stereocenters. The van der Waals surface area contributed by atoms with Gasteiger partial charge in [-0.3, -0.25) is 4.79 Å². The monoisotopic (exact) mass is 399 g/mol. The highest BCUT2D eigenvalue weighted by Crippen LogP contribution is 2.56. The predicted octanol–water partition coefficient (Wildman–Crippen LogP) is 4.35. The third kappa shape index (κ3) is 3.10. The molecule has 1 aliphatic heterocycles. The number of fused-ring (bicyclic) bond motifs is 3. The Balaban J connectivity index is 1.45. The van der Waals surface area contributed by atoms with Gasteiger partial charge in [0, 0.05) is 18.5 Å². The first kappa shape index (κ1) is 18.6. The molecule has 3 aliphatic rings. The van der Waals surface area contributed by atoms with Gasteiger partial charge < -0.3 is 14.4 Å². The van der Waals surface area contributed by atoms with E-state index < -0.39 is 11.8 Å². The van der Waals surface area contributed by atoms with Gasteiger partial charge in [0.25, 0.3) is 11.8 Å². The second kappa shape index (κ2) is 6.80. The van der Waals surface area contributed by atoms with Crippen molar-refractivity contribution in [3.8, 4) is 5.75 Å². The molecular weight excluding hydrogens is 376 g/mol. The summed E-state index contributed by atoms with van der Waals surface area (Å²) in [7, 11) is 1.64. The van der Waals surface area contributed by atoms with Crippen LogP contribution in [-0.4, -0.2) is 43.0 Å². The Morgan fingerprint density at radius 2 is 2.00 bits per heavy atom. The van der Waals surface area contributed by atoms with Gasteiger partial charge in [0.15, 0.2) is 0 Å². The summed E-state index contributed by atoms with van der Waals surface area (Å²) in [6, 6.07) is 12.7. The topological polar surface area (TPSA) is 38.8 Å². The van der Waals surface area contributed by atoms with Crippen molar-refractivity contribution in [2.24, 2.45) is 0 Å². The Morgan fingerprint density at radius 3 is 2.76 bits per heavy atom. The van der Waals surface area contributed by atoms with E-state index in [1.807, 2.05) is 23.1 Å². The lowest BCUT2D eigenvalue weighted by Gasteiger charge is -2.44. The van der Waals surface area contributed by atoms with Crippen molar-refractivity contribution < 1.29 is 23.0 Å². The molecule has 0 N–H and O–H groups in total. The Labute approximate surface area is 168 Å². The van der Waals surface area contributed by atoms with Crippen LogP contribution in [0.1, 0.15) is 51.9 Å². The number of carbonyl (C=O) groups excluding carboxylic acids is 1. The summed E-state index contributed by atoms with van der Waals surface area (Å²) in [5, 5.41) is 0. The number of rotatable bonds is 3. The molecule has 2 aromatic rings. The highest BCUT2D eigenvalue weighted by Gasteiger charge is 2.58. The molecular formula is C23H23F2NO3. The lowest BCUT2D eigenvalue weighted by molar-refractivity contribution is -0.0675. The van der Waals surface area contributed by atoms with E-state index in [2.05, 4.69) is 0 Å². The van der Waals surface area contributed by atoms with Crippen molar-refractivity contribution in [1.82, 2.24) is 4.90 Å². The fourth-order valence-corrected chi connectivity index (χ4v) is 4.78. The maximum atomic E-state index is 13.7. The Hall–Kier alpha value is -2.47. The molecule has 152 valence electrons. The van der Waals surface area contributed by atoms with Crippen molar-refractivity contribution in [3.05, 3.63) is 64.7 Å². The number of ether oxygens (including phenoxy) is 2. The number of carbonyl (C=O) groups is 1. The van der Waals surface area contributed by atoms with E-state index in [4.69, 9.17) is 9.47 Å². The first-order valence-corrected chi connectivity index (χ1v) is 10.1. The third-order valence-electron chi connectivity index (χ3n) is 6.40. The minimum atomic E-state index is -2.70. The van der Waals surface area contributed by atoms with Crippen molar-refractivity contribution in [3.63, 3.8) is 0 Å². The minimum Gasteiger partial charge on any atom is -0.497 e. The zero-order valence-corrected chi connectivity index (χ0v) is 16.2. The summed E-state index contributed by atoms with van der Waals surface area (Å²) in [6.07, 6.45) is 1.22. The number of alkyl halides is 2. The molecule has 3 unspecified atom stereocenters. The van der Waals surface area contributed by atoms with E-state index in [0.29, 0.717) is 24.3 Å². The highest BCUT2D eigenvalue weighted by atomic mass is 19.3. The number of hydrogen-bond acceptors (Lipinski definition) is 3. The van der Waals surface area contributed by atoms with Gasteiger partial charge in [0.2, 0.25) is 0 Å². The molecule has 4 nitrogen and oxygen atoms in total. The van der Waals surface area contributed by atoms with Crippen LogP contribution < -0.4 is 4.74 Å². The highest BCUT2D eigenvalue weighted by molar-refractivity contribution is 5.96. The number of benzene rings is 2. The molecule has 5 rings (SSSR count). The summed E-state index contributed by atoms with van der Waals surface area (Å²) in [5.74, 6) is -2.91. The van der Waals surface area contributed by atoms with Crippen LogP contribution in [0.4, 0.5) is 8.78 Å². The van der Waals surface area contributed by atoms with Crippen LogP contribution in [0.15, 0.2) is 42.5 Å². The van der Waals surface area contributed by atoms with Gasteiger partial charge in [-0.25, -0.2) is 8.78 Å². The number of hydrogen-bond donors (Lipinski definition) is 0. The maximum Gasteiger partial charge on any atom is 0.255 e. The van der Waals surface area contributed by atoms with Gasteiger partial charge in [-0.15, -0.1) is 0 Å². The average molecular weight is 399 g/mol. The van der Waals surface area contributed by atoms with Gasteiger partial charge in [0.1, 0.15) is 11.9 Å². The molecule has 2 aromatic carbocycles. The third-order valence-corrected chi connectivity index (χ3v) is 6.40. The zero-order chi connectivity index (χ0) is 20.2. The molecule has 1 saturated carbocycles. The fourth-order valence-electron chi connectivity index (χ4n) is 4.78. The molecule has 6 heteroatoms. The molecule has 2 aliphatic carbocycles. The van der Waals surface area contributed by atoms with E-state index in [9.17, 15) is 13.6 Å². The van der Waals surface area contributed by atoms with Crippen LogP contribution in [0.3, 0.4) is 0 Å². The van der Waals surface area contributed by atoms with Gasteiger partial charge >= 0.3 is 0 Å². The smallest absolute Gasteiger partial charge is 0.255 e. The normalized spacial score (nSPS) is 27.0. The molecule has 29 heavy (non-hydrogen) atoms. The molecule has 2 fully saturated rings. The molecule has 0 aromatic heterocycles. The second-order valence-corrected chi connectivity index (χ2v) is 8.07. The first-order valence-electron chi connectivity index (χ1n) is 10.1. The van der Waals surface area contributed by atoms with E-state index >= 15 is 0 Å². The van der Waals surface area contributed by atoms with Crippen molar-refractivity contribution in [1.29, 1.82) is 0 Å². The molecule has 0 spiro atoms. The standard InChI is InChI=1S/C23H23F2NO3/c1-28-15-7-8-16-14(12-15)6-9-20-21(16)29-11-10-26(20)22(27)18-5-3-2-4-17(18)19-13-23(19,24)25/h2-5,7-8,12,19-21H,6,9-11,13H2,1H3. The SMILES string of the molecule is COc1ccc2c(c1)CCC1C2OCCN1C(=O)c1ccccc1C1CC1(F)F. The number of amides is 1. The number of morpholine rings is 1. The van der Waals surface area contributed by atoms with Crippen molar-refractivity contribution >= 4 is 5.91 Å². The van der Waals surface area contributed by atoms with Gasteiger partial charge in [0.05, 0.1) is 25.7 Å². The first-order chi connectivity index (χ1) is 14.0. The van der Waals surface area contributed by atoms with E-state index in [1.54, 1.807) is 31.4 Å². The Kier molecular flexibility index (Phi) is 4.35. The number of nitrogens with zero attached hydrogens (tertiary/aromatic N) is 1. The van der Waals surface area contributed by atoms with Crippen LogP contribution >= 0.6 is 0 Å². The van der Waals surface area contributed by atoms with E-state index in [0.717, 1.165) is 24.2 Å². The van der Waals surface area contributed by atoms with E-state index in [1.165, 1.54) is 5.56 Å². The second-order valence-electron chi connectivity index (χ2n) is 8.07. The zero-order valence-electron chi connectivity index (χ0n) is 16.2. The molecule has 0 radical (unpaired) electrons. The summed E-state index contributed by atoms with van der Waals surface area (Å²) in [5.41, 5.74) is 3.13. The van der Waals surface area contributed by atoms with E-state index in [-0.39, 0.29) is 24.5 Å². The number of aryl methyl sites for hydroxylation is 1. The van der Waals surface area contributed by atoms with Crippen molar-refractivity contribution in [2.45, 2.75) is 43.2 Å². The largest absolute Gasteiger partial charge is 0.497 e. The van der Waals surface area contributed by atoms with Crippen molar-refractivity contribution in [2.75, 3.05) is 20.3 Å². The molecule has 1 saturated heterocycles. The van der Waals surface area contributed by atoms with Gasteiger partial charge in [-0.1, -0.05) is 24.3 Å². The Bertz CT molecular complexity index is 961.